The lowest BCUT2D eigenvalue weighted by Gasteiger charge is -2.27. The van der Waals surface area contributed by atoms with Crippen molar-refractivity contribution in [3.8, 4) is 0 Å². The highest BCUT2D eigenvalue weighted by Crippen LogP contribution is 2.51. The minimum atomic E-state index is -0.106. The van der Waals surface area contributed by atoms with E-state index in [2.05, 4.69) is 178 Å². The second-order valence-electron chi connectivity index (χ2n) is 16.4. The molecule has 0 fully saturated rings. The van der Waals surface area contributed by atoms with Crippen LogP contribution in [0.5, 0.6) is 0 Å². The molecule has 0 amide bonds. The van der Waals surface area contributed by atoms with Gasteiger partial charge in [0, 0.05) is 47.5 Å². The number of allylic oxidation sites excluding steroid dienone is 8. The fraction of sp³-hybridized carbons (Fsp3) is 0.314. The summed E-state index contributed by atoms with van der Waals surface area (Å²) in [5.41, 5.74) is 13.8. The average Bonchev–Trinajstić information content (AvgIpc) is 3.75. The van der Waals surface area contributed by atoms with Gasteiger partial charge in [-0.1, -0.05) is 138 Å². The lowest BCUT2D eigenvalue weighted by molar-refractivity contribution is -0.438. The van der Waals surface area contributed by atoms with E-state index in [0.717, 1.165) is 25.9 Å². The van der Waals surface area contributed by atoms with Crippen molar-refractivity contribution >= 4 is 44.2 Å². The SMILES string of the molecule is CCCCN1C(=CC=C2CCC(C=CC3=[N+](CCCC)c4ccc5ccccc5c4C3(C)C)=C2c2ccccc2)C(C)(C)c2c1ccc1ccccc21. The third-order valence-corrected chi connectivity index (χ3v) is 12.2. The van der Waals surface area contributed by atoms with Gasteiger partial charge in [-0.15, -0.1) is 0 Å². The second-order valence-corrected chi connectivity index (χ2v) is 16.4. The summed E-state index contributed by atoms with van der Waals surface area (Å²) in [6, 6.07) is 38.3. The van der Waals surface area contributed by atoms with Crippen molar-refractivity contribution in [1.29, 1.82) is 0 Å². The van der Waals surface area contributed by atoms with E-state index in [9.17, 15) is 0 Å². The van der Waals surface area contributed by atoms with E-state index in [4.69, 9.17) is 0 Å². The maximum absolute atomic E-state index is 2.62. The van der Waals surface area contributed by atoms with E-state index in [0.29, 0.717) is 0 Å². The molecule has 0 N–H and O–H groups in total. The van der Waals surface area contributed by atoms with Gasteiger partial charge in [-0.05, 0) is 101 Å². The van der Waals surface area contributed by atoms with E-state index in [-0.39, 0.29) is 10.8 Å². The lowest BCUT2D eigenvalue weighted by atomic mass is 9.79. The molecule has 8 rings (SSSR count). The van der Waals surface area contributed by atoms with Crippen LogP contribution in [-0.4, -0.2) is 23.4 Å². The van der Waals surface area contributed by atoms with Crippen LogP contribution in [-0.2, 0) is 10.8 Å². The van der Waals surface area contributed by atoms with Crippen LogP contribution in [0.25, 0.3) is 27.1 Å². The molecule has 0 atom stereocenters. The Kier molecular flexibility index (Phi) is 9.35. The summed E-state index contributed by atoms with van der Waals surface area (Å²) in [5.74, 6) is 0. The number of fused-ring (bicyclic) bond motifs is 6. The predicted octanol–water partition coefficient (Wildman–Crippen LogP) is 13.4. The van der Waals surface area contributed by atoms with Gasteiger partial charge in [-0.3, -0.25) is 0 Å². The Morgan fingerprint density at radius 1 is 0.642 bits per heavy atom. The van der Waals surface area contributed by atoms with Crippen LogP contribution in [0.2, 0.25) is 0 Å². The lowest BCUT2D eigenvalue weighted by Crippen LogP contribution is -2.28. The van der Waals surface area contributed by atoms with Crippen LogP contribution in [0.15, 0.2) is 144 Å². The van der Waals surface area contributed by atoms with Crippen LogP contribution in [0.4, 0.5) is 11.4 Å². The zero-order valence-corrected chi connectivity index (χ0v) is 32.7. The van der Waals surface area contributed by atoms with E-state index in [1.165, 1.54) is 103 Å². The molecule has 2 heterocycles. The summed E-state index contributed by atoms with van der Waals surface area (Å²) in [6.07, 6.45) is 16.7. The standard InChI is InChI=1S/C51H55N2/c1-7-9-34-52-43-30-26-36-18-14-16-22-41(36)48(43)50(3,4)45(52)32-28-39-24-25-40(47(39)38-20-12-11-13-21-38)29-33-46-51(5,6)49-42-23-17-15-19-37(42)27-31-44(49)53(46)35-10-8-2/h11-23,26-33H,7-10,24-25,34-35H2,1-6H3/q+1. The molecule has 5 aromatic carbocycles. The Morgan fingerprint density at radius 3 is 2.02 bits per heavy atom. The molecular formula is C51H55N2+. The van der Waals surface area contributed by atoms with Crippen molar-refractivity contribution in [1.82, 2.24) is 0 Å². The molecule has 2 aliphatic heterocycles. The first-order chi connectivity index (χ1) is 25.8. The number of unbranched alkanes of at least 4 members (excludes halogenated alkanes) is 2. The fourth-order valence-electron chi connectivity index (χ4n) is 9.58. The maximum atomic E-state index is 2.62. The maximum Gasteiger partial charge on any atom is 0.210 e. The Bertz CT molecular complexity index is 2360. The van der Waals surface area contributed by atoms with Gasteiger partial charge in [0.25, 0.3) is 0 Å². The summed E-state index contributed by atoms with van der Waals surface area (Å²) in [4.78, 5) is 2.62. The first kappa shape index (κ1) is 35.1. The quantitative estimate of drug-likeness (QED) is 0.132. The molecule has 0 radical (unpaired) electrons. The third kappa shape index (κ3) is 6.01. The zero-order chi connectivity index (χ0) is 36.7. The molecule has 5 aromatic rings. The zero-order valence-electron chi connectivity index (χ0n) is 32.7. The number of anilines is 1. The molecule has 3 aliphatic rings. The van der Waals surface area contributed by atoms with Gasteiger partial charge in [0.1, 0.15) is 6.54 Å². The molecule has 0 bridgehead atoms. The summed E-state index contributed by atoms with van der Waals surface area (Å²) in [6.45, 7) is 16.4. The van der Waals surface area contributed by atoms with Crippen LogP contribution in [0.3, 0.4) is 0 Å². The third-order valence-electron chi connectivity index (χ3n) is 12.2. The highest BCUT2D eigenvalue weighted by molar-refractivity contribution is 6.08. The molecule has 2 nitrogen and oxygen atoms in total. The minimum absolute atomic E-state index is 0.106. The summed E-state index contributed by atoms with van der Waals surface area (Å²) in [5, 5.41) is 5.40. The van der Waals surface area contributed by atoms with Gasteiger partial charge in [-0.25, -0.2) is 0 Å². The largest absolute Gasteiger partial charge is 0.344 e. The molecule has 2 heteroatoms. The average molecular weight is 696 g/mol. The first-order valence-electron chi connectivity index (χ1n) is 20.1. The minimum Gasteiger partial charge on any atom is -0.344 e. The smallest absolute Gasteiger partial charge is 0.210 e. The van der Waals surface area contributed by atoms with Gasteiger partial charge in [-0.2, -0.15) is 4.58 Å². The topological polar surface area (TPSA) is 6.25 Å². The van der Waals surface area contributed by atoms with Crippen molar-refractivity contribution < 1.29 is 4.58 Å². The van der Waals surface area contributed by atoms with Crippen LogP contribution in [0, 0.1) is 0 Å². The first-order valence-corrected chi connectivity index (χ1v) is 20.1. The Labute approximate surface area is 317 Å². The predicted molar refractivity (Wildman–Crippen MR) is 229 cm³/mol. The van der Waals surface area contributed by atoms with E-state index < -0.39 is 0 Å². The van der Waals surface area contributed by atoms with Gasteiger partial charge < -0.3 is 4.90 Å². The van der Waals surface area contributed by atoms with Crippen molar-refractivity contribution in [2.45, 2.75) is 90.9 Å². The monoisotopic (exact) mass is 695 g/mol. The van der Waals surface area contributed by atoms with Crippen molar-refractivity contribution in [2.24, 2.45) is 0 Å². The van der Waals surface area contributed by atoms with E-state index in [1.807, 2.05) is 0 Å². The highest BCUT2D eigenvalue weighted by atomic mass is 15.2. The summed E-state index contributed by atoms with van der Waals surface area (Å²) in [7, 11) is 0. The molecule has 0 saturated carbocycles. The molecule has 0 saturated heterocycles. The van der Waals surface area contributed by atoms with E-state index >= 15 is 0 Å². The molecule has 53 heavy (non-hydrogen) atoms. The van der Waals surface area contributed by atoms with Crippen molar-refractivity contribution in [2.75, 3.05) is 18.0 Å². The Balaban J connectivity index is 1.23. The van der Waals surface area contributed by atoms with Crippen LogP contribution in [0.1, 0.15) is 96.8 Å². The molecule has 0 unspecified atom stereocenters. The number of hydrogen-bond donors (Lipinski definition) is 0. The second kappa shape index (κ2) is 14.1. The van der Waals surface area contributed by atoms with Crippen molar-refractivity contribution in [3.63, 3.8) is 0 Å². The van der Waals surface area contributed by atoms with Crippen LogP contribution >= 0.6 is 0 Å². The van der Waals surface area contributed by atoms with Crippen LogP contribution < -0.4 is 4.90 Å². The van der Waals surface area contributed by atoms with Gasteiger partial charge >= 0.3 is 0 Å². The molecule has 268 valence electrons. The number of hydrogen-bond acceptors (Lipinski definition) is 1. The van der Waals surface area contributed by atoms with Crippen molar-refractivity contribution in [3.05, 3.63) is 161 Å². The fourth-order valence-corrected chi connectivity index (χ4v) is 9.58. The van der Waals surface area contributed by atoms with Gasteiger partial charge in [0.05, 0.1) is 5.41 Å². The number of nitrogens with zero attached hydrogens (tertiary/aromatic N) is 2. The van der Waals surface area contributed by atoms with Gasteiger partial charge in [0.2, 0.25) is 5.69 Å². The molecule has 1 aliphatic carbocycles. The molecule has 0 aromatic heterocycles. The normalized spacial score (nSPS) is 19.2. The molecular weight excluding hydrogens is 641 g/mol. The molecule has 0 spiro atoms. The van der Waals surface area contributed by atoms with E-state index in [1.54, 1.807) is 0 Å². The number of benzene rings is 5. The van der Waals surface area contributed by atoms with Gasteiger partial charge in [0.15, 0.2) is 5.71 Å². The summed E-state index contributed by atoms with van der Waals surface area (Å²) < 4.78 is 2.62. The summed E-state index contributed by atoms with van der Waals surface area (Å²) >= 11 is 0. The Hall–Kier alpha value is -4.95. The highest BCUT2D eigenvalue weighted by Gasteiger charge is 2.45. The number of rotatable bonds is 10. The Morgan fingerprint density at radius 2 is 1.30 bits per heavy atom.